The average Bonchev–Trinajstić information content (AvgIpc) is 2.33. The first-order valence-electron chi connectivity index (χ1n) is 7.02. The van der Waals surface area contributed by atoms with Crippen molar-refractivity contribution in [2.24, 2.45) is 17.3 Å². The van der Waals surface area contributed by atoms with E-state index in [9.17, 15) is 9.59 Å². The van der Waals surface area contributed by atoms with Gasteiger partial charge >= 0.3 is 5.97 Å². The van der Waals surface area contributed by atoms with Crippen LogP contribution in [0.25, 0.3) is 0 Å². The van der Waals surface area contributed by atoms with Crippen LogP contribution in [0, 0.1) is 17.3 Å². The molecule has 18 heavy (non-hydrogen) atoms. The van der Waals surface area contributed by atoms with Crippen LogP contribution in [0.4, 0.5) is 0 Å². The summed E-state index contributed by atoms with van der Waals surface area (Å²) in [5, 5.41) is 12.1. The highest BCUT2D eigenvalue weighted by Crippen LogP contribution is 2.39. The van der Waals surface area contributed by atoms with Gasteiger partial charge in [0.05, 0.1) is 11.8 Å². The van der Waals surface area contributed by atoms with Crippen LogP contribution in [0.15, 0.2) is 0 Å². The lowest BCUT2D eigenvalue weighted by Crippen LogP contribution is -2.45. The fraction of sp³-hybridized carbons (Fsp3) is 0.857. The first kappa shape index (κ1) is 13.4. The SMILES string of the molecule is CC1(CNC(=O)C2CCCCC2C(=O)O)CCC1. The number of hydrogen-bond donors (Lipinski definition) is 2. The van der Waals surface area contributed by atoms with Gasteiger partial charge in [-0.15, -0.1) is 0 Å². The second-order valence-corrected chi connectivity index (χ2v) is 6.22. The topological polar surface area (TPSA) is 66.4 Å². The lowest BCUT2D eigenvalue weighted by atomic mass is 9.70. The van der Waals surface area contributed by atoms with Gasteiger partial charge in [0, 0.05) is 6.54 Å². The molecule has 1 amide bonds. The maximum Gasteiger partial charge on any atom is 0.307 e. The molecular formula is C14H23NO3. The van der Waals surface area contributed by atoms with Gasteiger partial charge < -0.3 is 10.4 Å². The van der Waals surface area contributed by atoms with E-state index in [1.165, 1.54) is 19.3 Å². The lowest BCUT2D eigenvalue weighted by Gasteiger charge is -2.39. The number of amides is 1. The van der Waals surface area contributed by atoms with Gasteiger partial charge in [-0.05, 0) is 31.1 Å². The van der Waals surface area contributed by atoms with Gasteiger partial charge in [-0.3, -0.25) is 9.59 Å². The first-order chi connectivity index (χ1) is 8.52. The summed E-state index contributed by atoms with van der Waals surface area (Å²) in [5.74, 6) is -1.66. The van der Waals surface area contributed by atoms with E-state index in [-0.39, 0.29) is 17.2 Å². The van der Waals surface area contributed by atoms with Crippen LogP contribution in [0.1, 0.15) is 51.9 Å². The summed E-state index contributed by atoms with van der Waals surface area (Å²) in [6, 6.07) is 0. The van der Waals surface area contributed by atoms with Crippen molar-refractivity contribution in [3.05, 3.63) is 0 Å². The van der Waals surface area contributed by atoms with Crippen molar-refractivity contribution < 1.29 is 14.7 Å². The second-order valence-electron chi connectivity index (χ2n) is 6.22. The number of hydrogen-bond acceptors (Lipinski definition) is 2. The minimum Gasteiger partial charge on any atom is -0.481 e. The van der Waals surface area contributed by atoms with Gasteiger partial charge in [-0.2, -0.15) is 0 Å². The number of carbonyl (C=O) groups excluding carboxylic acids is 1. The monoisotopic (exact) mass is 253 g/mol. The quantitative estimate of drug-likeness (QED) is 0.807. The molecule has 2 aliphatic rings. The molecule has 0 saturated heterocycles. The molecule has 2 fully saturated rings. The fourth-order valence-electron chi connectivity index (χ4n) is 3.13. The number of nitrogens with one attached hydrogen (secondary N) is 1. The molecule has 0 bridgehead atoms. The van der Waals surface area contributed by atoms with Gasteiger partial charge in [0.15, 0.2) is 0 Å². The summed E-state index contributed by atoms with van der Waals surface area (Å²) in [6.45, 7) is 2.89. The van der Waals surface area contributed by atoms with E-state index in [0.717, 1.165) is 19.3 Å². The maximum atomic E-state index is 12.1. The number of aliphatic carboxylic acids is 1. The molecule has 0 aromatic rings. The van der Waals surface area contributed by atoms with Crippen molar-refractivity contribution in [3.8, 4) is 0 Å². The Morgan fingerprint density at radius 1 is 1.17 bits per heavy atom. The first-order valence-corrected chi connectivity index (χ1v) is 7.02. The second kappa shape index (κ2) is 5.29. The molecule has 0 aromatic carbocycles. The molecule has 2 atom stereocenters. The smallest absolute Gasteiger partial charge is 0.307 e. The van der Waals surface area contributed by atoms with E-state index in [1.807, 2.05) is 0 Å². The van der Waals surface area contributed by atoms with E-state index >= 15 is 0 Å². The largest absolute Gasteiger partial charge is 0.481 e. The van der Waals surface area contributed by atoms with E-state index in [4.69, 9.17) is 5.11 Å². The summed E-state index contributed by atoms with van der Waals surface area (Å²) in [6.07, 6.45) is 6.84. The summed E-state index contributed by atoms with van der Waals surface area (Å²) in [5.41, 5.74) is 0.253. The molecule has 2 saturated carbocycles. The summed E-state index contributed by atoms with van der Waals surface area (Å²) < 4.78 is 0. The third-order valence-corrected chi connectivity index (χ3v) is 4.67. The Kier molecular flexibility index (Phi) is 3.93. The molecule has 0 aromatic heterocycles. The van der Waals surface area contributed by atoms with Crippen molar-refractivity contribution >= 4 is 11.9 Å². The summed E-state index contributed by atoms with van der Waals surface area (Å²) in [7, 11) is 0. The standard InChI is InChI=1S/C14H23NO3/c1-14(7-4-8-14)9-15-12(16)10-5-2-3-6-11(10)13(17)18/h10-11H,2-9H2,1H3,(H,15,16)(H,17,18). The molecule has 4 nitrogen and oxygen atoms in total. The van der Waals surface area contributed by atoms with Gasteiger partial charge in [-0.25, -0.2) is 0 Å². The molecular weight excluding hydrogens is 230 g/mol. The third kappa shape index (κ3) is 2.85. The van der Waals surface area contributed by atoms with Gasteiger partial charge in [0.1, 0.15) is 0 Å². The van der Waals surface area contributed by atoms with Crippen molar-refractivity contribution in [2.75, 3.05) is 6.54 Å². The highest BCUT2D eigenvalue weighted by Gasteiger charge is 2.37. The van der Waals surface area contributed by atoms with Crippen LogP contribution in [-0.2, 0) is 9.59 Å². The average molecular weight is 253 g/mol. The van der Waals surface area contributed by atoms with E-state index in [0.29, 0.717) is 13.0 Å². The molecule has 0 radical (unpaired) electrons. The number of carboxylic acids is 1. The zero-order valence-electron chi connectivity index (χ0n) is 11.1. The Morgan fingerprint density at radius 3 is 2.28 bits per heavy atom. The summed E-state index contributed by atoms with van der Waals surface area (Å²) >= 11 is 0. The van der Waals surface area contributed by atoms with Crippen LogP contribution in [-0.4, -0.2) is 23.5 Å². The zero-order valence-corrected chi connectivity index (χ0v) is 11.1. The molecule has 4 heteroatoms. The minimum atomic E-state index is -0.815. The highest BCUT2D eigenvalue weighted by atomic mass is 16.4. The van der Waals surface area contributed by atoms with Crippen molar-refractivity contribution in [1.82, 2.24) is 5.32 Å². The minimum absolute atomic E-state index is 0.0461. The van der Waals surface area contributed by atoms with Crippen LogP contribution in [0.3, 0.4) is 0 Å². The Hall–Kier alpha value is -1.06. The number of carboxylic acid groups (broad SMARTS) is 1. The Labute approximate surface area is 108 Å². The normalized spacial score (nSPS) is 30.3. The fourth-order valence-corrected chi connectivity index (χ4v) is 3.13. The molecule has 2 aliphatic carbocycles. The lowest BCUT2D eigenvalue weighted by molar-refractivity contribution is -0.149. The number of rotatable bonds is 4. The molecule has 2 unspecified atom stereocenters. The molecule has 0 aliphatic heterocycles. The molecule has 0 spiro atoms. The van der Waals surface area contributed by atoms with Gasteiger partial charge in [-0.1, -0.05) is 26.2 Å². The maximum absolute atomic E-state index is 12.1. The Balaban J connectivity index is 1.87. The zero-order chi connectivity index (χ0) is 13.2. The Bertz CT molecular complexity index is 336. The van der Waals surface area contributed by atoms with Crippen LogP contribution in [0.5, 0.6) is 0 Å². The summed E-state index contributed by atoms with van der Waals surface area (Å²) in [4.78, 5) is 23.3. The van der Waals surface area contributed by atoms with Crippen LogP contribution in [0.2, 0.25) is 0 Å². The molecule has 2 N–H and O–H groups in total. The van der Waals surface area contributed by atoms with Crippen LogP contribution >= 0.6 is 0 Å². The van der Waals surface area contributed by atoms with Crippen molar-refractivity contribution in [2.45, 2.75) is 51.9 Å². The van der Waals surface area contributed by atoms with E-state index in [2.05, 4.69) is 12.2 Å². The van der Waals surface area contributed by atoms with Crippen molar-refractivity contribution in [3.63, 3.8) is 0 Å². The Morgan fingerprint density at radius 2 is 1.78 bits per heavy atom. The molecule has 2 rings (SSSR count). The van der Waals surface area contributed by atoms with Crippen LogP contribution < -0.4 is 5.32 Å². The predicted octanol–water partition coefficient (Wildman–Crippen LogP) is 2.18. The number of carbonyl (C=O) groups is 2. The van der Waals surface area contributed by atoms with Gasteiger partial charge in [0.2, 0.25) is 5.91 Å². The highest BCUT2D eigenvalue weighted by molar-refractivity contribution is 5.84. The van der Waals surface area contributed by atoms with E-state index in [1.54, 1.807) is 0 Å². The van der Waals surface area contributed by atoms with E-state index < -0.39 is 11.9 Å². The molecule has 0 heterocycles. The van der Waals surface area contributed by atoms with Gasteiger partial charge in [0.25, 0.3) is 0 Å². The third-order valence-electron chi connectivity index (χ3n) is 4.67. The molecule has 102 valence electrons. The van der Waals surface area contributed by atoms with Crippen molar-refractivity contribution in [1.29, 1.82) is 0 Å². The predicted molar refractivity (Wildman–Crippen MR) is 68.1 cm³/mol.